The summed E-state index contributed by atoms with van der Waals surface area (Å²) in [6, 6.07) is 2.60. The number of carbonyl (C=O) groups is 1. The van der Waals surface area contributed by atoms with Crippen LogP contribution >= 0.6 is 22.6 Å². The van der Waals surface area contributed by atoms with Crippen molar-refractivity contribution < 1.29 is 14.5 Å². The first-order valence-corrected chi connectivity index (χ1v) is 5.67. The van der Waals surface area contributed by atoms with Gasteiger partial charge in [0.1, 0.15) is 5.75 Å². The number of ether oxygens (including phenoxy) is 1. The molecule has 0 bridgehead atoms. The second-order valence-corrected chi connectivity index (χ2v) is 4.13. The van der Waals surface area contributed by atoms with Crippen molar-refractivity contribution in [3.05, 3.63) is 31.4 Å². The number of Topliss-reactive ketones (excluding diaryl/α,β-unsaturated/α-hetero) is 1. The zero-order chi connectivity index (χ0) is 12.3. The number of carbonyl (C=O) groups excluding carboxylic acids is 1. The molecule has 0 aliphatic carbocycles. The fraction of sp³-hybridized carbons (Fsp3) is 0.300. The average Bonchev–Trinajstić information content (AvgIpc) is 2.20. The van der Waals surface area contributed by atoms with Crippen LogP contribution in [0.5, 0.6) is 5.75 Å². The number of hydrogen-bond acceptors (Lipinski definition) is 4. The van der Waals surface area contributed by atoms with Crippen LogP contribution in [0.2, 0.25) is 0 Å². The highest BCUT2D eigenvalue weighted by Gasteiger charge is 2.18. The van der Waals surface area contributed by atoms with Gasteiger partial charge < -0.3 is 4.74 Å². The predicted octanol–water partition coefficient (Wildman–Crippen LogP) is 2.80. The molecular weight excluding hydrogens is 325 g/mol. The van der Waals surface area contributed by atoms with E-state index < -0.39 is 4.92 Å². The Labute approximate surface area is 106 Å². The van der Waals surface area contributed by atoms with E-state index >= 15 is 0 Å². The Morgan fingerprint density at radius 3 is 2.62 bits per heavy atom. The first-order chi connectivity index (χ1) is 7.47. The molecule has 1 aromatic rings. The van der Waals surface area contributed by atoms with E-state index in [4.69, 9.17) is 4.74 Å². The zero-order valence-corrected chi connectivity index (χ0v) is 11.0. The summed E-state index contributed by atoms with van der Waals surface area (Å²) in [5.74, 6) is 0.163. The second kappa shape index (κ2) is 5.24. The van der Waals surface area contributed by atoms with E-state index in [-0.39, 0.29) is 11.5 Å². The van der Waals surface area contributed by atoms with E-state index in [1.807, 2.05) is 22.6 Å². The van der Waals surface area contributed by atoms with Gasteiger partial charge in [0.15, 0.2) is 5.78 Å². The minimum Gasteiger partial charge on any atom is -0.492 e. The van der Waals surface area contributed by atoms with Crippen LogP contribution in [0, 0.1) is 13.7 Å². The molecule has 6 heteroatoms. The Balaban J connectivity index is 3.38. The zero-order valence-electron chi connectivity index (χ0n) is 8.82. The maximum atomic E-state index is 11.3. The molecule has 0 unspecified atom stereocenters. The number of non-ortho nitro benzene ring substituents is 1. The van der Waals surface area contributed by atoms with Gasteiger partial charge in [0.25, 0.3) is 5.69 Å². The van der Waals surface area contributed by atoms with E-state index in [1.54, 1.807) is 6.92 Å². The molecule has 0 amide bonds. The summed E-state index contributed by atoms with van der Waals surface area (Å²) in [6.45, 7) is 3.55. The summed E-state index contributed by atoms with van der Waals surface area (Å²) in [5, 5.41) is 10.7. The third kappa shape index (κ3) is 2.69. The highest BCUT2D eigenvalue weighted by molar-refractivity contribution is 14.1. The Kier molecular flexibility index (Phi) is 4.22. The number of nitrogens with zero attached hydrogens (tertiary/aromatic N) is 1. The van der Waals surface area contributed by atoms with Gasteiger partial charge in [0.2, 0.25) is 0 Å². The summed E-state index contributed by atoms with van der Waals surface area (Å²) in [6.07, 6.45) is 0. The molecule has 0 radical (unpaired) electrons. The van der Waals surface area contributed by atoms with Crippen LogP contribution in [-0.2, 0) is 0 Å². The summed E-state index contributed by atoms with van der Waals surface area (Å²) < 4.78 is 5.86. The van der Waals surface area contributed by atoms with Gasteiger partial charge in [-0.05, 0) is 36.4 Å². The molecule has 86 valence electrons. The normalized spacial score (nSPS) is 9.94. The highest BCUT2D eigenvalue weighted by Crippen LogP contribution is 2.30. The molecule has 0 heterocycles. The van der Waals surface area contributed by atoms with Crippen molar-refractivity contribution in [3.63, 3.8) is 0 Å². The van der Waals surface area contributed by atoms with Gasteiger partial charge in [-0.25, -0.2) is 0 Å². The Bertz CT molecular complexity index is 445. The van der Waals surface area contributed by atoms with E-state index in [1.165, 1.54) is 19.1 Å². The van der Waals surface area contributed by atoms with Gasteiger partial charge >= 0.3 is 0 Å². The summed E-state index contributed by atoms with van der Waals surface area (Å²) in [7, 11) is 0. The number of hydrogen-bond donors (Lipinski definition) is 0. The van der Waals surface area contributed by atoms with Gasteiger partial charge in [-0.2, -0.15) is 0 Å². The molecule has 1 aromatic carbocycles. The van der Waals surface area contributed by atoms with Crippen LogP contribution in [0.3, 0.4) is 0 Å². The molecule has 16 heavy (non-hydrogen) atoms. The van der Waals surface area contributed by atoms with Crippen molar-refractivity contribution in [2.24, 2.45) is 0 Å². The SMILES string of the molecule is CCOc1cc([N+](=O)[O-])cc(C(C)=O)c1I. The maximum absolute atomic E-state index is 11.3. The van der Waals surface area contributed by atoms with Crippen molar-refractivity contribution >= 4 is 34.1 Å². The van der Waals surface area contributed by atoms with Crippen molar-refractivity contribution in [3.8, 4) is 5.75 Å². The Hall–Kier alpha value is -1.18. The number of ketones is 1. The van der Waals surface area contributed by atoms with Crippen LogP contribution < -0.4 is 4.74 Å². The molecule has 0 fully saturated rings. The molecule has 0 aromatic heterocycles. The van der Waals surface area contributed by atoms with Crippen molar-refractivity contribution in [2.75, 3.05) is 6.61 Å². The first kappa shape index (κ1) is 12.9. The lowest BCUT2D eigenvalue weighted by molar-refractivity contribution is -0.385. The molecule has 0 saturated carbocycles. The van der Waals surface area contributed by atoms with Crippen molar-refractivity contribution in [2.45, 2.75) is 13.8 Å². The molecule has 0 aliphatic heterocycles. The number of benzene rings is 1. The smallest absolute Gasteiger partial charge is 0.273 e. The monoisotopic (exact) mass is 335 g/mol. The lowest BCUT2D eigenvalue weighted by Gasteiger charge is -2.08. The molecule has 0 spiro atoms. The summed E-state index contributed by atoms with van der Waals surface area (Å²) in [4.78, 5) is 21.5. The summed E-state index contributed by atoms with van der Waals surface area (Å²) >= 11 is 1.95. The quantitative estimate of drug-likeness (QED) is 0.367. The predicted molar refractivity (Wildman–Crippen MR) is 67.0 cm³/mol. The number of rotatable bonds is 4. The Morgan fingerprint density at radius 2 is 2.19 bits per heavy atom. The van der Waals surface area contributed by atoms with Crippen LogP contribution in [-0.4, -0.2) is 17.3 Å². The molecule has 5 nitrogen and oxygen atoms in total. The van der Waals surface area contributed by atoms with E-state index in [0.717, 1.165) is 0 Å². The second-order valence-electron chi connectivity index (χ2n) is 3.05. The van der Waals surface area contributed by atoms with Gasteiger partial charge in [-0.3, -0.25) is 14.9 Å². The standard InChI is InChI=1S/C10H10INO4/c1-3-16-9-5-7(12(14)15)4-8(6(2)13)10(9)11/h4-5H,3H2,1-2H3. The average molecular weight is 335 g/mol. The fourth-order valence-electron chi connectivity index (χ4n) is 1.21. The van der Waals surface area contributed by atoms with E-state index in [2.05, 4.69) is 0 Å². The van der Waals surface area contributed by atoms with Crippen LogP contribution in [0.1, 0.15) is 24.2 Å². The van der Waals surface area contributed by atoms with Gasteiger partial charge in [0.05, 0.1) is 21.2 Å². The van der Waals surface area contributed by atoms with Crippen molar-refractivity contribution in [1.82, 2.24) is 0 Å². The van der Waals surface area contributed by atoms with E-state index in [9.17, 15) is 14.9 Å². The topological polar surface area (TPSA) is 69.4 Å². The fourth-order valence-corrected chi connectivity index (χ4v) is 2.05. The van der Waals surface area contributed by atoms with E-state index in [0.29, 0.717) is 21.5 Å². The van der Waals surface area contributed by atoms with Crippen LogP contribution in [0.25, 0.3) is 0 Å². The van der Waals surface area contributed by atoms with Crippen LogP contribution in [0.4, 0.5) is 5.69 Å². The summed E-state index contributed by atoms with van der Waals surface area (Å²) in [5.41, 5.74) is 0.187. The van der Waals surface area contributed by atoms with Gasteiger partial charge in [-0.15, -0.1) is 0 Å². The number of nitro benzene ring substituents is 1. The number of halogens is 1. The lowest BCUT2D eigenvalue weighted by Crippen LogP contribution is -2.03. The lowest BCUT2D eigenvalue weighted by atomic mass is 10.1. The first-order valence-electron chi connectivity index (χ1n) is 4.59. The largest absolute Gasteiger partial charge is 0.492 e. The highest BCUT2D eigenvalue weighted by atomic mass is 127. The molecule has 1 rings (SSSR count). The molecular formula is C10H10INO4. The molecule has 0 N–H and O–H groups in total. The third-order valence-electron chi connectivity index (χ3n) is 1.91. The minimum absolute atomic E-state index is 0.130. The van der Waals surface area contributed by atoms with Crippen LogP contribution in [0.15, 0.2) is 12.1 Å². The third-order valence-corrected chi connectivity index (χ3v) is 3.03. The maximum Gasteiger partial charge on any atom is 0.273 e. The Morgan fingerprint density at radius 1 is 1.56 bits per heavy atom. The molecule has 0 saturated heterocycles. The number of nitro groups is 1. The van der Waals surface area contributed by atoms with Gasteiger partial charge in [-0.1, -0.05) is 0 Å². The molecule has 0 aliphatic rings. The van der Waals surface area contributed by atoms with Crippen molar-refractivity contribution in [1.29, 1.82) is 0 Å². The molecule has 0 atom stereocenters. The van der Waals surface area contributed by atoms with Gasteiger partial charge in [0, 0.05) is 11.6 Å². The minimum atomic E-state index is -0.537.